The van der Waals surface area contributed by atoms with Crippen LogP contribution in [0.25, 0.3) is 0 Å². The van der Waals surface area contributed by atoms with E-state index < -0.39 is 0 Å². The summed E-state index contributed by atoms with van der Waals surface area (Å²) in [4.78, 5) is 10.7. The minimum absolute atomic E-state index is 0.503. The van der Waals surface area contributed by atoms with E-state index in [0.29, 0.717) is 17.2 Å². The molecule has 0 spiro atoms. The zero-order valence-electron chi connectivity index (χ0n) is 9.15. The second-order valence-electron chi connectivity index (χ2n) is 4.21. The van der Waals surface area contributed by atoms with Crippen LogP contribution in [0.4, 0.5) is 5.82 Å². The molecule has 1 aromatic rings. The molecule has 0 bridgehead atoms. The third-order valence-electron chi connectivity index (χ3n) is 3.07. The van der Waals surface area contributed by atoms with Gasteiger partial charge in [-0.15, -0.1) is 0 Å². The first-order chi connectivity index (χ1) is 7.20. The molecule has 0 unspecified atom stereocenters. The highest BCUT2D eigenvalue weighted by atomic mass is 35.5. The fourth-order valence-electron chi connectivity index (χ4n) is 2.33. The third kappa shape index (κ3) is 2.07. The Bertz CT molecular complexity index is 332. The zero-order chi connectivity index (χ0) is 10.8. The van der Waals surface area contributed by atoms with Crippen molar-refractivity contribution in [3.05, 3.63) is 17.5 Å². The number of halogens is 1. The number of hydrogen-bond donors (Lipinski definition) is 0. The van der Waals surface area contributed by atoms with Crippen molar-refractivity contribution in [3.63, 3.8) is 0 Å². The van der Waals surface area contributed by atoms with Crippen LogP contribution in [-0.2, 0) is 0 Å². The molecule has 3 nitrogen and oxygen atoms in total. The van der Waals surface area contributed by atoms with Crippen LogP contribution < -0.4 is 4.90 Å². The number of nitrogens with zero attached hydrogens (tertiary/aromatic N) is 3. The predicted octanol–water partition coefficient (Wildman–Crippen LogP) is 2.90. The first-order valence-corrected chi connectivity index (χ1v) is 5.83. The Kier molecular flexibility index (Phi) is 3.10. The van der Waals surface area contributed by atoms with E-state index in [1.165, 1.54) is 19.3 Å². The monoisotopic (exact) mass is 225 g/mol. The highest BCUT2D eigenvalue weighted by Gasteiger charge is 2.27. The van der Waals surface area contributed by atoms with E-state index >= 15 is 0 Å². The Morgan fingerprint density at radius 3 is 2.40 bits per heavy atom. The van der Waals surface area contributed by atoms with E-state index in [1.807, 2.05) is 0 Å². The second kappa shape index (κ2) is 4.35. The summed E-state index contributed by atoms with van der Waals surface area (Å²) in [6.45, 7) is 4.45. The molecule has 1 aliphatic rings. The lowest BCUT2D eigenvalue weighted by atomic mass is 9.98. The molecular formula is C11H16ClN3. The molecule has 2 atom stereocenters. The number of rotatable bonds is 1. The Morgan fingerprint density at radius 2 is 1.80 bits per heavy atom. The molecule has 1 aliphatic heterocycles. The largest absolute Gasteiger partial charge is 0.349 e. The van der Waals surface area contributed by atoms with Crippen molar-refractivity contribution in [2.75, 3.05) is 4.90 Å². The van der Waals surface area contributed by atoms with Gasteiger partial charge in [-0.05, 0) is 33.1 Å². The van der Waals surface area contributed by atoms with Crippen LogP contribution in [0.3, 0.4) is 0 Å². The third-order valence-corrected chi connectivity index (χ3v) is 3.34. The number of anilines is 1. The van der Waals surface area contributed by atoms with Crippen LogP contribution >= 0.6 is 11.6 Å². The summed E-state index contributed by atoms with van der Waals surface area (Å²) in [6.07, 6.45) is 7.03. The number of piperidine rings is 1. The molecule has 0 amide bonds. The Hall–Kier alpha value is -0.830. The van der Waals surface area contributed by atoms with Crippen molar-refractivity contribution < 1.29 is 0 Å². The Balaban J connectivity index is 2.31. The Labute approximate surface area is 95.5 Å². The summed E-state index contributed by atoms with van der Waals surface area (Å²) in [6, 6.07) is 1.01. The van der Waals surface area contributed by atoms with E-state index in [9.17, 15) is 0 Å². The van der Waals surface area contributed by atoms with Gasteiger partial charge in [0.1, 0.15) is 0 Å². The van der Waals surface area contributed by atoms with Crippen LogP contribution in [0.5, 0.6) is 0 Å². The summed E-state index contributed by atoms with van der Waals surface area (Å²) < 4.78 is 0. The first-order valence-electron chi connectivity index (χ1n) is 5.45. The van der Waals surface area contributed by atoms with Gasteiger partial charge >= 0.3 is 0 Å². The van der Waals surface area contributed by atoms with Crippen LogP contribution in [0.1, 0.15) is 33.1 Å². The summed E-state index contributed by atoms with van der Waals surface area (Å²) >= 11 is 6.07. The van der Waals surface area contributed by atoms with E-state index in [2.05, 4.69) is 28.7 Å². The fraction of sp³-hybridized carbons (Fsp3) is 0.636. The number of aromatic nitrogens is 2. The maximum absolute atomic E-state index is 6.07. The predicted molar refractivity (Wildman–Crippen MR) is 62.3 cm³/mol. The molecule has 4 heteroatoms. The van der Waals surface area contributed by atoms with Gasteiger partial charge in [0.05, 0.1) is 0 Å². The molecule has 0 aliphatic carbocycles. The summed E-state index contributed by atoms with van der Waals surface area (Å²) in [5.74, 6) is 0.832. The molecular weight excluding hydrogens is 210 g/mol. The van der Waals surface area contributed by atoms with E-state index in [0.717, 1.165) is 5.82 Å². The molecule has 0 aromatic carbocycles. The van der Waals surface area contributed by atoms with E-state index in [4.69, 9.17) is 11.6 Å². The molecule has 1 saturated heterocycles. The van der Waals surface area contributed by atoms with E-state index in [1.54, 1.807) is 12.4 Å². The molecule has 82 valence electrons. The SMILES string of the molecule is C[C@@H]1CCC[C@H](C)N1c1nccnc1Cl. The molecule has 2 heterocycles. The van der Waals surface area contributed by atoms with Gasteiger partial charge < -0.3 is 4.90 Å². The van der Waals surface area contributed by atoms with Crippen molar-refractivity contribution >= 4 is 17.4 Å². The minimum atomic E-state index is 0.503. The van der Waals surface area contributed by atoms with Gasteiger partial charge in [0.15, 0.2) is 11.0 Å². The standard InChI is InChI=1S/C11H16ClN3/c1-8-4-3-5-9(2)15(8)11-10(12)13-6-7-14-11/h6-9H,3-5H2,1-2H3/t8-,9+. The summed E-state index contributed by atoms with van der Waals surface area (Å²) in [7, 11) is 0. The van der Waals surface area contributed by atoms with Gasteiger partial charge in [-0.25, -0.2) is 9.97 Å². The molecule has 1 fully saturated rings. The van der Waals surface area contributed by atoms with Gasteiger partial charge in [0.2, 0.25) is 0 Å². The Morgan fingerprint density at radius 1 is 1.20 bits per heavy atom. The highest BCUT2D eigenvalue weighted by Crippen LogP contribution is 2.30. The maximum Gasteiger partial charge on any atom is 0.171 e. The highest BCUT2D eigenvalue weighted by molar-refractivity contribution is 6.31. The number of hydrogen-bond acceptors (Lipinski definition) is 3. The van der Waals surface area contributed by atoms with Crippen molar-refractivity contribution in [3.8, 4) is 0 Å². The second-order valence-corrected chi connectivity index (χ2v) is 4.56. The summed E-state index contributed by atoms with van der Waals surface area (Å²) in [5, 5.41) is 0.512. The molecule has 0 saturated carbocycles. The quantitative estimate of drug-likeness (QED) is 0.736. The average molecular weight is 226 g/mol. The topological polar surface area (TPSA) is 29.0 Å². The van der Waals surface area contributed by atoms with Crippen LogP contribution in [0.15, 0.2) is 12.4 Å². The normalized spacial score (nSPS) is 26.7. The van der Waals surface area contributed by atoms with Crippen LogP contribution in [0, 0.1) is 0 Å². The first kappa shape index (κ1) is 10.7. The van der Waals surface area contributed by atoms with Gasteiger partial charge in [0, 0.05) is 24.5 Å². The van der Waals surface area contributed by atoms with Gasteiger partial charge in [0.25, 0.3) is 0 Å². The lowest BCUT2D eigenvalue weighted by molar-refractivity contribution is 0.411. The van der Waals surface area contributed by atoms with Crippen molar-refractivity contribution in [2.45, 2.75) is 45.2 Å². The van der Waals surface area contributed by atoms with E-state index in [-0.39, 0.29) is 0 Å². The van der Waals surface area contributed by atoms with Crippen molar-refractivity contribution in [1.82, 2.24) is 9.97 Å². The van der Waals surface area contributed by atoms with Gasteiger partial charge in [-0.3, -0.25) is 0 Å². The lowest BCUT2D eigenvalue weighted by Gasteiger charge is -2.40. The molecule has 0 N–H and O–H groups in total. The minimum Gasteiger partial charge on any atom is -0.349 e. The molecule has 1 aromatic heterocycles. The van der Waals surface area contributed by atoms with Crippen LogP contribution in [-0.4, -0.2) is 22.1 Å². The van der Waals surface area contributed by atoms with Gasteiger partial charge in [-0.1, -0.05) is 11.6 Å². The molecule has 0 radical (unpaired) electrons. The van der Waals surface area contributed by atoms with Crippen molar-refractivity contribution in [2.24, 2.45) is 0 Å². The lowest BCUT2D eigenvalue weighted by Crippen LogP contribution is -2.44. The maximum atomic E-state index is 6.07. The van der Waals surface area contributed by atoms with Crippen LogP contribution in [0.2, 0.25) is 5.15 Å². The van der Waals surface area contributed by atoms with Gasteiger partial charge in [-0.2, -0.15) is 0 Å². The molecule has 15 heavy (non-hydrogen) atoms. The molecule has 2 rings (SSSR count). The van der Waals surface area contributed by atoms with Crippen molar-refractivity contribution in [1.29, 1.82) is 0 Å². The zero-order valence-corrected chi connectivity index (χ0v) is 9.91. The fourth-order valence-corrected chi connectivity index (χ4v) is 2.53. The summed E-state index contributed by atoms with van der Waals surface area (Å²) in [5.41, 5.74) is 0. The smallest absolute Gasteiger partial charge is 0.171 e. The average Bonchev–Trinajstić information content (AvgIpc) is 2.20.